The van der Waals surface area contributed by atoms with Crippen LogP contribution in [-0.2, 0) is 11.3 Å². The summed E-state index contributed by atoms with van der Waals surface area (Å²) < 4.78 is 19.1. The molecular weight excluding hydrogens is 257 g/mol. The van der Waals surface area contributed by atoms with Crippen LogP contribution in [0.1, 0.15) is 5.56 Å². The van der Waals surface area contributed by atoms with Crippen molar-refractivity contribution in [3.63, 3.8) is 0 Å². The summed E-state index contributed by atoms with van der Waals surface area (Å²) in [5.41, 5.74) is 0.512. The Morgan fingerprint density at radius 2 is 2.33 bits per heavy atom. The SMILES string of the molecule is OC[C@@H]1COCCN(Cc2c(F)cccc2Cl)C1. The molecule has 1 aromatic rings. The van der Waals surface area contributed by atoms with Crippen molar-refractivity contribution in [1.29, 1.82) is 0 Å². The van der Waals surface area contributed by atoms with E-state index < -0.39 is 0 Å². The van der Waals surface area contributed by atoms with Crippen molar-refractivity contribution in [3.05, 3.63) is 34.6 Å². The Balaban J connectivity index is 2.07. The molecule has 0 radical (unpaired) electrons. The molecule has 3 nitrogen and oxygen atoms in total. The average molecular weight is 274 g/mol. The van der Waals surface area contributed by atoms with Crippen molar-refractivity contribution in [2.75, 3.05) is 32.9 Å². The van der Waals surface area contributed by atoms with E-state index in [9.17, 15) is 9.50 Å². The lowest BCUT2D eigenvalue weighted by Crippen LogP contribution is -2.31. The Bertz CT molecular complexity index is 382. The van der Waals surface area contributed by atoms with Gasteiger partial charge in [-0.25, -0.2) is 4.39 Å². The molecule has 0 amide bonds. The zero-order valence-corrected chi connectivity index (χ0v) is 10.9. The van der Waals surface area contributed by atoms with Crippen LogP contribution in [-0.4, -0.2) is 42.9 Å². The highest BCUT2D eigenvalue weighted by atomic mass is 35.5. The largest absolute Gasteiger partial charge is 0.396 e. The molecule has 0 spiro atoms. The van der Waals surface area contributed by atoms with E-state index in [1.165, 1.54) is 6.07 Å². The minimum atomic E-state index is -0.284. The first-order valence-corrected chi connectivity index (χ1v) is 6.42. The molecule has 1 atom stereocenters. The van der Waals surface area contributed by atoms with E-state index in [0.717, 1.165) is 6.54 Å². The zero-order chi connectivity index (χ0) is 13.0. The zero-order valence-electron chi connectivity index (χ0n) is 10.1. The van der Waals surface area contributed by atoms with Crippen LogP contribution in [0.5, 0.6) is 0 Å². The monoisotopic (exact) mass is 273 g/mol. The first-order chi connectivity index (χ1) is 8.70. The van der Waals surface area contributed by atoms with E-state index >= 15 is 0 Å². The molecule has 0 unspecified atom stereocenters. The van der Waals surface area contributed by atoms with Crippen molar-refractivity contribution in [2.24, 2.45) is 5.92 Å². The van der Waals surface area contributed by atoms with Gasteiger partial charge in [-0.1, -0.05) is 17.7 Å². The number of rotatable bonds is 3. The van der Waals surface area contributed by atoms with Crippen molar-refractivity contribution in [2.45, 2.75) is 6.54 Å². The third-order valence-corrected chi connectivity index (χ3v) is 3.48. The second kappa shape index (κ2) is 6.48. The van der Waals surface area contributed by atoms with Crippen molar-refractivity contribution in [1.82, 2.24) is 4.90 Å². The number of halogens is 2. The van der Waals surface area contributed by atoms with Gasteiger partial charge >= 0.3 is 0 Å². The molecule has 100 valence electrons. The maximum Gasteiger partial charge on any atom is 0.129 e. The Kier molecular flexibility index (Phi) is 4.95. The van der Waals surface area contributed by atoms with Crippen LogP contribution in [0.4, 0.5) is 4.39 Å². The fourth-order valence-corrected chi connectivity index (χ4v) is 2.34. The topological polar surface area (TPSA) is 32.7 Å². The predicted octanol–water partition coefficient (Wildman–Crippen LogP) is 1.92. The van der Waals surface area contributed by atoms with Gasteiger partial charge in [-0.2, -0.15) is 0 Å². The Morgan fingerprint density at radius 1 is 1.50 bits per heavy atom. The standard InChI is InChI=1S/C13H17ClFNO2/c14-12-2-1-3-13(15)11(12)7-16-4-5-18-9-10(6-16)8-17/h1-3,10,17H,4-9H2/t10-/m1/s1. The number of benzene rings is 1. The number of nitrogens with zero attached hydrogens (tertiary/aromatic N) is 1. The summed E-state index contributed by atoms with van der Waals surface area (Å²) in [6, 6.07) is 4.71. The molecule has 1 aliphatic heterocycles. The van der Waals surface area contributed by atoms with E-state index in [4.69, 9.17) is 16.3 Å². The highest BCUT2D eigenvalue weighted by molar-refractivity contribution is 6.31. The molecule has 1 aromatic carbocycles. The lowest BCUT2D eigenvalue weighted by molar-refractivity contribution is 0.0958. The van der Waals surface area contributed by atoms with Gasteiger partial charge in [0, 0.05) is 42.7 Å². The molecule has 0 bridgehead atoms. The van der Waals surface area contributed by atoms with Crippen molar-refractivity contribution >= 4 is 11.6 Å². The second-order valence-electron chi connectivity index (χ2n) is 4.56. The van der Waals surface area contributed by atoms with Crippen molar-refractivity contribution < 1.29 is 14.2 Å². The predicted molar refractivity (Wildman–Crippen MR) is 68.1 cm³/mol. The van der Waals surface area contributed by atoms with Gasteiger partial charge in [0.1, 0.15) is 5.82 Å². The number of ether oxygens (including phenoxy) is 1. The van der Waals surface area contributed by atoms with E-state index in [1.807, 2.05) is 0 Å². The molecule has 1 aliphatic rings. The van der Waals surface area contributed by atoms with E-state index in [0.29, 0.717) is 36.9 Å². The van der Waals surface area contributed by atoms with E-state index in [2.05, 4.69) is 4.90 Å². The number of aliphatic hydroxyl groups is 1. The number of hydrogen-bond acceptors (Lipinski definition) is 3. The first kappa shape index (κ1) is 13.7. The molecule has 1 heterocycles. The van der Waals surface area contributed by atoms with Crippen LogP contribution in [0.25, 0.3) is 0 Å². The normalized spacial score (nSPS) is 21.8. The minimum Gasteiger partial charge on any atom is -0.396 e. The van der Waals surface area contributed by atoms with Gasteiger partial charge in [-0.15, -0.1) is 0 Å². The minimum absolute atomic E-state index is 0.0815. The van der Waals surface area contributed by atoms with Crippen LogP contribution < -0.4 is 0 Å². The van der Waals surface area contributed by atoms with Gasteiger partial charge in [0.25, 0.3) is 0 Å². The molecule has 2 rings (SSSR count). The Morgan fingerprint density at radius 3 is 3.06 bits per heavy atom. The second-order valence-corrected chi connectivity index (χ2v) is 4.97. The van der Waals surface area contributed by atoms with Gasteiger partial charge in [0.05, 0.1) is 13.2 Å². The molecule has 18 heavy (non-hydrogen) atoms. The van der Waals surface area contributed by atoms with Crippen LogP contribution >= 0.6 is 11.6 Å². The molecular formula is C13H17ClFNO2. The fourth-order valence-electron chi connectivity index (χ4n) is 2.11. The maximum absolute atomic E-state index is 13.7. The van der Waals surface area contributed by atoms with Crippen LogP contribution in [0.15, 0.2) is 18.2 Å². The van der Waals surface area contributed by atoms with Gasteiger partial charge in [-0.3, -0.25) is 4.90 Å². The van der Waals surface area contributed by atoms with Crippen molar-refractivity contribution in [3.8, 4) is 0 Å². The smallest absolute Gasteiger partial charge is 0.129 e. The molecule has 5 heteroatoms. The molecule has 1 N–H and O–H groups in total. The summed E-state index contributed by atoms with van der Waals surface area (Å²) >= 11 is 6.01. The van der Waals surface area contributed by atoms with Crippen LogP contribution in [0.2, 0.25) is 5.02 Å². The lowest BCUT2D eigenvalue weighted by Gasteiger charge is -2.23. The lowest BCUT2D eigenvalue weighted by atomic mass is 10.1. The highest BCUT2D eigenvalue weighted by Crippen LogP contribution is 2.21. The number of aliphatic hydroxyl groups excluding tert-OH is 1. The van der Waals surface area contributed by atoms with E-state index in [-0.39, 0.29) is 18.3 Å². The molecule has 1 saturated heterocycles. The van der Waals surface area contributed by atoms with Crippen LogP contribution in [0.3, 0.4) is 0 Å². The maximum atomic E-state index is 13.7. The number of hydrogen-bond donors (Lipinski definition) is 1. The van der Waals surface area contributed by atoms with Gasteiger partial charge in [0.2, 0.25) is 0 Å². The third kappa shape index (κ3) is 3.42. The average Bonchev–Trinajstić information content (AvgIpc) is 2.59. The fraction of sp³-hybridized carbons (Fsp3) is 0.538. The summed E-state index contributed by atoms with van der Waals surface area (Å²) in [6.07, 6.45) is 0. The quantitative estimate of drug-likeness (QED) is 0.913. The Labute approximate surface area is 111 Å². The molecule has 0 aromatic heterocycles. The molecule has 0 saturated carbocycles. The summed E-state index contributed by atoms with van der Waals surface area (Å²) in [5, 5.41) is 9.65. The summed E-state index contributed by atoms with van der Waals surface area (Å²) in [6.45, 7) is 3.11. The summed E-state index contributed by atoms with van der Waals surface area (Å²) in [7, 11) is 0. The molecule has 1 fully saturated rings. The van der Waals surface area contributed by atoms with Gasteiger partial charge < -0.3 is 9.84 Å². The van der Waals surface area contributed by atoms with E-state index in [1.54, 1.807) is 12.1 Å². The van der Waals surface area contributed by atoms with Crippen LogP contribution in [0, 0.1) is 11.7 Å². The highest BCUT2D eigenvalue weighted by Gasteiger charge is 2.20. The summed E-state index contributed by atoms with van der Waals surface area (Å²) in [4.78, 5) is 2.07. The Hall–Kier alpha value is -0.680. The van der Waals surface area contributed by atoms with Gasteiger partial charge in [0.15, 0.2) is 0 Å². The van der Waals surface area contributed by atoms with Gasteiger partial charge in [-0.05, 0) is 12.1 Å². The third-order valence-electron chi connectivity index (χ3n) is 3.12. The summed E-state index contributed by atoms with van der Waals surface area (Å²) in [5.74, 6) is -0.203. The molecule has 0 aliphatic carbocycles. The first-order valence-electron chi connectivity index (χ1n) is 6.04.